The van der Waals surface area contributed by atoms with Gasteiger partial charge in [-0.15, -0.1) is 0 Å². The minimum Gasteiger partial charge on any atom is -0.397 e. The van der Waals surface area contributed by atoms with Crippen LogP contribution in [-0.4, -0.2) is 34.5 Å². The van der Waals surface area contributed by atoms with E-state index in [0.29, 0.717) is 12.6 Å². The molecule has 0 saturated heterocycles. The van der Waals surface area contributed by atoms with Crippen LogP contribution in [0.2, 0.25) is 0 Å². The van der Waals surface area contributed by atoms with Gasteiger partial charge in [0.15, 0.2) is 0 Å². The smallest absolute Gasteiger partial charge is 0.0672 e. The summed E-state index contributed by atoms with van der Waals surface area (Å²) in [5.41, 5.74) is 8.81. The zero-order chi connectivity index (χ0) is 11.8. The van der Waals surface area contributed by atoms with E-state index in [2.05, 4.69) is 15.1 Å². The fourth-order valence-electron chi connectivity index (χ4n) is 2.24. The van der Waals surface area contributed by atoms with E-state index in [1.807, 2.05) is 12.1 Å². The summed E-state index contributed by atoms with van der Waals surface area (Å²) in [6, 6.07) is 4.48. The molecule has 0 atom stereocenters. The third kappa shape index (κ3) is 1.82. The normalized spacial score (nSPS) is 15.4. The first-order valence-electron chi connectivity index (χ1n) is 5.89. The number of hydrogen-bond acceptors (Lipinski definition) is 4. The number of aromatic nitrogens is 2. The summed E-state index contributed by atoms with van der Waals surface area (Å²) in [4.78, 5) is 2.19. The molecule has 1 saturated carbocycles. The number of nitrogen functional groups attached to an aromatic ring is 1. The molecule has 4 N–H and O–H groups in total. The van der Waals surface area contributed by atoms with Crippen molar-refractivity contribution in [2.45, 2.75) is 18.9 Å². The lowest BCUT2D eigenvalue weighted by Gasteiger charge is -2.25. The number of hydrogen-bond donors (Lipinski definition) is 3. The van der Waals surface area contributed by atoms with E-state index in [-0.39, 0.29) is 6.61 Å². The number of nitrogens with zero attached hydrogens (tertiary/aromatic N) is 2. The van der Waals surface area contributed by atoms with E-state index < -0.39 is 0 Å². The molecule has 0 amide bonds. The summed E-state index contributed by atoms with van der Waals surface area (Å²) in [6.45, 7) is 0.783. The van der Waals surface area contributed by atoms with Gasteiger partial charge in [-0.2, -0.15) is 5.10 Å². The molecular weight excluding hydrogens is 216 g/mol. The number of anilines is 2. The monoisotopic (exact) mass is 232 g/mol. The van der Waals surface area contributed by atoms with Crippen LogP contribution in [0.5, 0.6) is 0 Å². The topological polar surface area (TPSA) is 78.2 Å². The average Bonchev–Trinajstić information content (AvgIpc) is 3.05. The van der Waals surface area contributed by atoms with Crippen LogP contribution in [-0.2, 0) is 0 Å². The highest BCUT2D eigenvalue weighted by atomic mass is 16.3. The van der Waals surface area contributed by atoms with Crippen molar-refractivity contribution in [2.75, 3.05) is 23.8 Å². The SMILES string of the molecule is Nc1cc2cn[nH]c2cc1N(CCO)C1CC1. The molecule has 5 heteroatoms. The molecule has 0 aliphatic heterocycles. The van der Waals surface area contributed by atoms with Crippen LogP contribution >= 0.6 is 0 Å². The highest BCUT2D eigenvalue weighted by molar-refractivity contribution is 5.89. The van der Waals surface area contributed by atoms with E-state index in [0.717, 1.165) is 22.3 Å². The van der Waals surface area contributed by atoms with Gasteiger partial charge in [0, 0.05) is 18.0 Å². The predicted molar refractivity (Wildman–Crippen MR) is 68.0 cm³/mol. The van der Waals surface area contributed by atoms with Crippen molar-refractivity contribution < 1.29 is 5.11 Å². The molecule has 0 bridgehead atoms. The van der Waals surface area contributed by atoms with Gasteiger partial charge in [-0.3, -0.25) is 5.10 Å². The molecule has 17 heavy (non-hydrogen) atoms. The summed E-state index contributed by atoms with van der Waals surface area (Å²) in [5.74, 6) is 0. The Balaban J connectivity index is 2.03. The summed E-state index contributed by atoms with van der Waals surface area (Å²) >= 11 is 0. The largest absolute Gasteiger partial charge is 0.397 e. The molecular formula is C12H16N4O. The minimum absolute atomic E-state index is 0.150. The Morgan fingerprint density at radius 1 is 1.47 bits per heavy atom. The average molecular weight is 232 g/mol. The van der Waals surface area contributed by atoms with Gasteiger partial charge in [0.25, 0.3) is 0 Å². The van der Waals surface area contributed by atoms with Gasteiger partial charge >= 0.3 is 0 Å². The molecule has 3 rings (SSSR count). The minimum atomic E-state index is 0.150. The Labute approximate surface area is 99.2 Å². The van der Waals surface area contributed by atoms with Crippen molar-refractivity contribution >= 4 is 22.3 Å². The van der Waals surface area contributed by atoms with Crippen LogP contribution in [0.4, 0.5) is 11.4 Å². The zero-order valence-corrected chi connectivity index (χ0v) is 9.56. The Bertz CT molecular complexity index is 532. The first-order valence-corrected chi connectivity index (χ1v) is 5.89. The van der Waals surface area contributed by atoms with Crippen molar-refractivity contribution in [2.24, 2.45) is 0 Å². The Morgan fingerprint density at radius 2 is 2.29 bits per heavy atom. The van der Waals surface area contributed by atoms with Crippen molar-refractivity contribution in [3.05, 3.63) is 18.3 Å². The zero-order valence-electron chi connectivity index (χ0n) is 9.56. The molecule has 0 spiro atoms. The fourth-order valence-corrected chi connectivity index (χ4v) is 2.24. The summed E-state index contributed by atoms with van der Waals surface area (Å²) in [5, 5.41) is 17.1. The fraction of sp³-hybridized carbons (Fsp3) is 0.417. The maximum absolute atomic E-state index is 9.14. The van der Waals surface area contributed by atoms with Gasteiger partial charge in [-0.05, 0) is 25.0 Å². The quantitative estimate of drug-likeness (QED) is 0.690. The van der Waals surface area contributed by atoms with E-state index in [1.165, 1.54) is 12.8 Å². The summed E-state index contributed by atoms with van der Waals surface area (Å²) < 4.78 is 0. The van der Waals surface area contributed by atoms with E-state index in [4.69, 9.17) is 10.8 Å². The molecule has 1 aromatic carbocycles. The Hall–Kier alpha value is -1.75. The number of aromatic amines is 1. The Kier molecular flexibility index (Phi) is 2.40. The molecule has 1 aromatic heterocycles. The number of rotatable bonds is 4. The number of fused-ring (bicyclic) bond motifs is 1. The predicted octanol–water partition coefficient (Wildman–Crippen LogP) is 1.11. The molecule has 1 heterocycles. The summed E-state index contributed by atoms with van der Waals surface area (Å²) in [6.07, 6.45) is 4.13. The van der Waals surface area contributed by atoms with Crippen LogP contribution in [0.3, 0.4) is 0 Å². The van der Waals surface area contributed by atoms with Crippen molar-refractivity contribution in [1.82, 2.24) is 10.2 Å². The number of aliphatic hydroxyl groups excluding tert-OH is 1. The molecule has 1 aliphatic rings. The summed E-state index contributed by atoms with van der Waals surface area (Å²) in [7, 11) is 0. The van der Waals surface area contributed by atoms with E-state index in [1.54, 1.807) is 6.20 Å². The number of nitrogens with two attached hydrogens (primary N) is 1. The molecule has 2 aromatic rings. The number of H-pyrrole nitrogens is 1. The van der Waals surface area contributed by atoms with Crippen LogP contribution in [0.1, 0.15) is 12.8 Å². The second-order valence-corrected chi connectivity index (χ2v) is 4.52. The third-order valence-corrected chi connectivity index (χ3v) is 3.23. The lowest BCUT2D eigenvalue weighted by atomic mass is 10.2. The van der Waals surface area contributed by atoms with Gasteiger partial charge in [0.2, 0.25) is 0 Å². The highest BCUT2D eigenvalue weighted by Crippen LogP contribution is 2.36. The number of nitrogens with one attached hydrogen (secondary N) is 1. The highest BCUT2D eigenvalue weighted by Gasteiger charge is 2.30. The molecule has 5 nitrogen and oxygen atoms in total. The van der Waals surface area contributed by atoms with Gasteiger partial charge in [-0.1, -0.05) is 0 Å². The second kappa shape index (κ2) is 3.92. The van der Waals surface area contributed by atoms with Crippen LogP contribution < -0.4 is 10.6 Å². The molecule has 0 radical (unpaired) electrons. The standard InChI is InChI=1S/C12H16N4O/c13-10-5-8-7-14-15-11(8)6-12(10)16(3-4-17)9-1-2-9/h5-7,9,17H,1-4,13H2,(H,14,15). The Morgan fingerprint density at radius 3 is 3.00 bits per heavy atom. The molecule has 90 valence electrons. The second-order valence-electron chi connectivity index (χ2n) is 4.52. The van der Waals surface area contributed by atoms with Crippen molar-refractivity contribution in [3.63, 3.8) is 0 Å². The lowest BCUT2D eigenvalue weighted by molar-refractivity contribution is 0.301. The van der Waals surface area contributed by atoms with Crippen LogP contribution in [0.25, 0.3) is 10.9 Å². The maximum Gasteiger partial charge on any atom is 0.0672 e. The maximum atomic E-state index is 9.14. The van der Waals surface area contributed by atoms with Gasteiger partial charge < -0.3 is 15.7 Å². The molecule has 1 fully saturated rings. The van der Waals surface area contributed by atoms with Gasteiger partial charge in [0.05, 0.1) is 29.7 Å². The third-order valence-electron chi connectivity index (χ3n) is 3.23. The molecule has 0 unspecified atom stereocenters. The molecule has 1 aliphatic carbocycles. The van der Waals surface area contributed by atoms with Crippen molar-refractivity contribution in [1.29, 1.82) is 0 Å². The van der Waals surface area contributed by atoms with Crippen molar-refractivity contribution in [3.8, 4) is 0 Å². The van der Waals surface area contributed by atoms with Gasteiger partial charge in [-0.25, -0.2) is 0 Å². The van der Waals surface area contributed by atoms with E-state index in [9.17, 15) is 0 Å². The van der Waals surface area contributed by atoms with Gasteiger partial charge in [0.1, 0.15) is 0 Å². The number of benzene rings is 1. The first-order chi connectivity index (χ1) is 8.29. The first kappa shape index (κ1) is 10.4. The lowest BCUT2D eigenvalue weighted by Crippen LogP contribution is -2.29. The number of aliphatic hydroxyl groups is 1. The van der Waals surface area contributed by atoms with E-state index >= 15 is 0 Å². The van der Waals surface area contributed by atoms with Crippen LogP contribution in [0.15, 0.2) is 18.3 Å². The van der Waals surface area contributed by atoms with Crippen LogP contribution in [0, 0.1) is 0 Å².